The number of benzene rings is 2. The third kappa shape index (κ3) is 6.29. The number of primary amides is 1. The third-order valence-electron chi connectivity index (χ3n) is 3.06. The van der Waals surface area contributed by atoms with Gasteiger partial charge in [0.1, 0.15) is 19.0 Å². The van der Waals surface area contributed by atoms with E-state index in [1.165, 1.54) is 6.21 Å². The van der Waals surface area contributed by atoms with Gasteiger partial charge in [0.05, 0.1) is 17.3 Å². The lowest BCUT2D eigenvalue weighted by Gasteiger charge is -2.15. The van der Waals surface area contributed by atoms with Crippen LogP contribution < -0.4 is 25.4 Å². The van der Waals surface area contributed by atoms with E-state index >= 15 is 0 Å². The van der Waals surface area contributed by atoms with Gasteiger partial charge in [0.2, 0.25) is 0 Å². The largest absolute Gasteiger partial charge is 0.490 e. The molecule has 0 saturated carbocycles. The van der Waals surface area contributed by atoms with Crippen LogP contribution in [0.3, 0.4) is 0 Å². The molecule has 0 atom stereocenters. The molecule has 0 aromatic heterocycles. The maximum Gasteiger partial charge on any atom is 0.332 e. The van der Waals surface area contributed by atoms with Crippen LogP contribution in [-0.4, -0.2) is 32.1 Å². The van der Waals surface area contributed by atoms with Gasteiger partial charge < -0.3 is 19.9 Å². The number of hydrogen-bond acceptors (Lipinski definition) is 5. The summed E-state index contributed by atoms with van der Waals surface area (Å²) in [7, 11) is 0. The number of hydrogen-bond donors (Lipinski definition) is 2. The van der Waals surface area contributed by atoms with E-state index in [1.54, 1.807) is 12.1 Å². The topological polar surface area (TPSA) is 95.2 Å². The summed E-state index contributed by atoms with van der Waals surface area (Å²) in [6.45, 7) is 3.10. The molecule has 0 aliphatic rings. The maximum atomic E-state index is 10.7. The van der Waals surface area contributed by atoms with Crippen LogP contribution in [0.5, 0.6) is 17.2 Å². The zero-order valence-corrected chi connectivity index (χ0v) is 15.9. The first kappa shape index (κ1) is 19.6. The summed E-state index contributed by atoms with van der Waals surface area (Å²) < 4.78 is 17.8. The molecule has 0 fully saturated rings. The molecule has 2 aromatic carbocycles. The standard InChI is InChI=1S/C18H20BrN3O4/c1-2-24-16-11-13(12-21-22-18(20)23)10-15(19)17(16)26-9-8-25-14-6-4-3-5-7-14/h3-7,10-12H,2,8-9H2,1H3,(H3,20,22,23)/b21-12-. The Hall–Kier alpha value is -2.74. The molecule has 0 bridgehead atoms. The molecule has 7 nitrogen and oxygen atoms in total. The second-order valence-electron chi connectivity index (χ2n) is 5.01. The van der Waals surface area contributed by atoms with Gasteiger partial charge in [0, 0.05) is 0 Å². The lowest BCUT2D eigenvalue weighted by Crippen LogP contribution is -2.24. The average Bonchev–Trinajstić information content (AvgIpc) is 2.61. The Morgan fingerprint density at radius 3 is 2.62 bits per heavy atom. The van der Waals surface area contributed by atoms with E-state index in [1.807, 2.05) is 37.3 Å². The number of nitrogens with two attached hydrogens (primary N) is 1. The quantitative estimate of drug-likeness (QED) is 0.368. The van der Waals surface area contributed by atoms with Crippen molar-refractivity contribution < 1.29 is 19.0 Å². The molecule has 0 spiro atoms. The van der Waals surface area contributed by atoms with E-state index in [0.717, 1.165) is 5.75 Å². The van der Waals surface area contributed by atoms with E-state index in [-0.39, 0.29) is 0 Å². The lowest BCUT2D eigenvalue weighted by molar-refractivity contribution is 0.207. The van der Waals surface area contributed by atoms with Crippen molar-refractivity contribution in [2.45, 2.75) is 6.92 Å². The summed E-state index contributed by atoms with van der Waals surface area (Å²) in [6, 6.07) is 12.3. The number of halogens is 1. The van der Waals surface area contributed by atoms with Crippen LogP contribution in [0.1, 0.15) is 12.5 Å². The summed E-state index contributed by atoms with van der Waals surface area (Å²) in [6.07, 6.45) is 1.46. The van der Waals surface area contributed by atoms with Gasteiger partial charge in [0.15, 0.2) is 11.5 Å². The minimum atomic E-state index is -0.733. The molecule has 0 aliphatic heterocycles. The fourth-order valence-corrected chi connectivity index (χ4v) is 2.63. The number of para-hydroxylation sites is 1. The van der Waals surface area contributed by atoms with E-state index in [0.29, 0.717) is 41.4 Å². The molecule has 8 heteroatoms. The third-order valence-corrected chi connectivity index (χ3v) is 3.65. The minimum absolute atomic E-state index is 0.351. The number of carbonyl (C=O) groups is 1. The number of carbonyl (C=O) groups excluding carboxylic acids is 1. The van der Waals surface area contributed by atoms with E-state index in [4.69, 9.17) is 19.9 Å². The van der Waals surface area contributed by atoms with Crippen LogP contribution >= 0.6 is 15.9 Å². The second-order valence-corrected chi connectivity index (χ2v) is 5.86. The van der Waals surface area contributed by atoms with Gasteiger partial charge in [-0.15, -0.1) is 0 Å². The number of rotatable bonds is 9. The highest BCUT2D eigenvalue weighted by atomic mass is 79.9. The van der Waals surface area contributed by atoms with Crippen molar-refractivity contribution in [3.05, 3.63) is 52.5 Å². The van der Waals surface area contributed by atoms with Crippen molar-refractivity contribution in [3.63, 3.8) is 0 Å². The minimum Gasteiger partial charge on any atom is -0.490 e. The van der Waals surface area contributed by atoms with Crippen LogP contribution in [0.15, 0.2) is 52.0 Å². The summed E-state index contributed by atoms with van der Waals surface area (Å²) in [5.41, 5.74) is 7.82. The van der Waals surface area contributed by atoms with Crippen molar-refractivity contribution in [1.29, 1.82) is 0 Å². The molecule has 26 heavy (non-hydrogen) atoms. The fraction of sp³-hybridized carbons (Fsp3) is 0.222. The molecule has 0 aliphatic carbocycles. The predicted octanol–water partition coefficient (Wildman–Crippen LogP) is 3.31. The molecule has 0 unspecified atom stereocenters. The van der Waals surface area contributed by atoms with Crippen LogP contribution in [0, 0.1) is 0 Å². The average molecular weight is 422 g/mol. The first-order valence-electron chi connectivity index (χ1n) is 7.95. The molecule has 2 rings (SSSR count). The van der Waals surface area contributed by atoms with Crippen LogP contribution in [0.4, 0.5) is 4.79 Å². The van der Waals surface area contributed by atoms with Crippen LogP contribution in [0.25, 0.3) is 0 Å². The number of amides is 2. The number of nitrogens with zero attached hydrogens (tertiary/aromatic N) is 1. The molecule has 2 aromatic rings. The summed E-state index contributed by atoms with van der Waals surface area (Å²) in [5.74, 6) is 1.92. The fourth-order valence-electron chi connectivity index (χ4n) is 2.06. The lowest BCUT2D eigenvalue weighted by atomic mass is 10.2. The van der Waals surface area contributed by atoms with E-state index < -0.39 is 6.03 Å². The van der Waals surface area contributed by atoms with Crippen molar-refractivity contribution in [2.24, 2.45) is 10.8 Å². The van der Waals surface area contributed by atoms with Crippen molar-refractivity contribution >= 4 is 28.2 Å². The first-order valence-corrected chi connectivity index (χ1v) is 8.75. The highest BCUT2D eigenvalue weighted by Crippen LogP contribution is 2.36. The predicted molar refractivity (Wildman–Crippen MR) is 103 cm³/mol. The molecule has 2 amide bonds. The van der Waals surface area contributed by atoms with Gasteiger partial charge >= 0.3 is 6.03 Å². The molecule has 0 heterocycles. The van der Waals surface area contributed by atoms with Gasteiger partial charge in [-0.25, -0.2) is 10.2 Å². The Morgan fingerprint density at radius 2 is 1.92 bits per heavy atom. The molecular formula is C18H20BrN3O4. The summed E-state index contributed by atoms with van der Waals surface area (Å²) in [4.78, 5) is 10.7. The van der Waals surface area contributed by atoms with E-state index in [2.05, 4.69) is 26.5 Å². The van der Waals surface area contributed by atoms with Gasteiger partial charge in [-0.1, -0.05) is 18.2 Å². The van der Waals surface area contributed by atoms with Gasteiger partial charge in [0.25, 0.3) is 0 Å². The van der Waals surface area contributed by atoms with Gasteiger partial charge in [-0.2, -0.15) is 5.10 Å². The molecular weight excluding hydrogens is 402 g/mol. The van der Waals surface area contributed by atoms with Crippen LogP contribution in [0.2, 0.25) is 0 Å². The zero-order chi connectivity index (χ0) is 18.8. The van der Waals surface area contributed by atoms with Crippen molar-refractivity contribution in [2.75, 3.05) is 19.8 Å². The van der Waals surface area contributed by atoms with Gasteiger partial charge in [-0.3, -0.25) is 0 Å². The molecule has 3 N–H and O–H groups in total. The molecule has 0 radical (unpaired) electrons. The number of ether oxygens (including phenoxy) is 3. The Morgan fingerprint density at radius 1 is 1.19 bits per heavy atom. The van der Waals surface area contributed by atoms with Crippen molar-refractivity contribution in [1.82, 2.24) is 5.43 Å². The highest BCUT2D eigenvalue weighted by molar-refractivity contribution is 9.10. The monoisotopic (exact) mass is 421 g/mol. The summed E-state index contributed by atoms with van der Waals surface area (Å²) in [5, 5.41) is 3.74. The highest BCUT2D eigenvalue weighted by Gasteiger charge is 2.12. The first-order chi connectivity index (χ1) is 12.6. The second kappa shape index (κ2) is 10.3. The number of urea groups is 1. The summed E-state index contributed by atoms with van der Waals surface area (Å²) >= 11 is 3.47. The number of nitrogens with one attached hydrogen (secondary N) is 1. The smallest absolute Gasteiger partial charge is 0.332 e. The Kier molecular flexibility index (Phi) is 7.75. The number of hydrazone groups is 1. The van der Waals surface area contributed by atoms with Gasteiger partial charge in [-0.05, 0) is 52.7 Å². The SMILES string of the molecule is CCOc1cc(/C=N\NC(N)=O)cc(Br)c1OCCOc1ccccc1. The van der Waals surface area contributed by atoms with Crippen molar-refractivity contribution in [3.8, 4) is 17.2 Å². The molecule has 0 saturated heterocycles. The Balaban J connectivity index is 2.01. The zero-order valence-electron chi connectivity index (χ0n) is 14.3. The molecule has 138 valence electrons. The Labute approximate surface area is 160 Å². The van der Waals surface area contributed by atoms with E-state index in [9.17, 15) is 4.79 Å². The normalized spacial score (nSPS) is 10.5. The Bertz CT molecular complexity index is 754. The maximum absolute atomic E-state index is 10.7. The van der Waals surface area contributed by atoms with Crippen LogP contribution in [-0.2, 0) is 0 Å².